The first-order valence-electron chi connectivity index (χ1n) is 9.36. The fourth-order valence-electron chi connectivity index (χ4n) is 2.83. The van der Waals surface area contributed by atoms with E-state index in [0.29, 0.717) is 19.6 Å². The number of rotatable bonds is 12. The van der Waals surface area contributed by atoms with Gasteiger partial charge < -0.3 is 9.05 Å². The lowest BCUT2D eigenvalue weighted by atomic mass is 10.2. The molecule has 28 heavy (non-hydrogen) atoms. The molecule has 1 atom stereocenters. The van der Waals surface area contributed by atoms with E-state index in [1.807, 2.05) is 47.2 Å². The SMILES string of the molecule is CCOP(=O)(OCC)C(CCN(OCc1ccccc1)C(C)=O)c1ccsc1. The molecular weight excluding hydrogens is 397 g/mol. The number of thiophene rings is 1. The number of hydrogen-bond donors (Lipinski definition) is 0. The third kappa shape index (κ3) is 6.54. The third-order valence-corrected chi connectivity index (χ3v) is 7.37. The molecule has 1 heterocycles. The molecule has 0 saturated carbocycles. The second-order valence-corrected chi connectivity index (χ2v) is 9.12. The van der Waals surface area contributed by atoms with Crippen molar-refractivity contribution < 1.29 is 23.2 Å². The Morgan fingerprint density at radius 1 is 1.14 bits per heavy atom. The quantitative estimate of drug-likeness (QED) is 0.335. The zero-order valence-corrected chi connectivity index (χ0v) is 18.3. The van der Waals surface area contributed by atoms with Gasteiger partial charge in [-0.2, -0.15) is 11.3 Å². The van der Waals surface area contributed by atoms with Crippen molar-refractivity contribution in [2.75, 3.05) is 19.8 Å². The molecule has 0 bridgehead atoms. The molecule has 0 aliphatic heterocycles. The van der Waals surface area contributed by atoms with E-state index in [4.69, 9.17) is 13.9 Å². The summed E-state index contributed by atoms with van der Waals surface area (Å²) in [4.78, 5) is 17.7. The van der Waals surface area contributed by atoms with Crippen LogP contribution < -0.4 is 0 Å². The summed E-state index contributed by atoms with van der Waals surface area (Å²) in [6.45, 7) is 6.19. The molecule has 154 valence electrons. The third-order valence-electron chi connectivity index (χ3n) is 4.11. The topological polar surface area (TPSA) is 65.1 Å². The first kappa shape index (κ1) is 22.8. The molecule has 0 aliphatic rings. The molecule has 0 N–H and O–H groups in total. The summed E-state index contributed by atoms with van der Waals surface area (Å²) in [5.74, 6) is -0.206. The number of nitrogens with zero attached hydrogens (tertiary/aromatic N) is 1. The molecule has 1 aromatic heterocycles. The summed E-state index contributed by atoms with van der Waals surface area (Å²) in [6.07, 6.45) is 0.405. The smallest absolute Gasteiger partial charge is 0.308 e. The van der Waals surface area contributed by atoms with Gasteiger partial charge in [0.1, 0.15) is 6.61 Å². The van der Waals surface area contributed by atoms with Crippen molar-refractivity contribution in [3.8, 4) is 0 Å². The molecule has 6 nitrogen and oxygen atoms in total. The maximum absolute atomic E-state index is 13.4. The van der Waals surface area contributed by atoms with Gasteiger partial charge >= 0.3 is 7.60 Å². The molecule has 1 aromatic carbocycles. The fourth-order valence-corrected chi connectivity index (χ4v) is 5.75. The summed E-state index contributed by atoms with van der Waals surface area (Å²) in [5, 5.41) is 5.19. The highest BCUT2D eigenvalue weighted by molar-refractivity contribution is 7.54. The Morgan fingerprint density at radius 3 is 2.36 bits per heavy atom. The number of hydroxylamine groups is 2. The molecule has 0 fully saturated rings. The molecule has 0 saturated heterocycles. The van der Waals surface area contributed by atoms with Crippen LogP contribution >= 0.6 is 18.9 Å². The Morgan fingerprint density at radius 2 is 1.82 bits per heavy atom. The Balaban J connectivity index is 2.11. The standard InChI is InChI=1S/C20H28NO5PS/c1-4-25-27(23,26-5-2)20(19-12-14-28-16-19)11-13-21(17(3)22)24-15-18-9-7-6-8-10-18/h6-10,12,14,16,20H,4-5,11,13,15H2,1-3H3. The van der Waals surface area contributed by atoms with Crippen molar-refractivity contribution in [3.05, 3.63) is 58.3 Å². The molecule has 1 unspecified atom stereocenters. The predicted octanol–water partition coefficient (Wildman–Crippen LogP) is 5.43. The minimum absolute atomic E-state index is 0.206. The average molecular weight is 425 g/mol. The highest BCUT2D eigenvalue weighted by Gasteiger charge is 2.37. The Bertz CT molecular complexity index is 743. The number of amides is 1. The van der Waals surface area contributed by atoms with Crippen molar-refractivity contribution in [2.24, 2.45) is 0 Å². The molecular formula is C20H28NO5PS. The average Bonchev–Trinajstić information content (AvgIpc) is 3.19. The molecule has 0 spiro atoms. The van der Waals surface area contributed by atoms with Gasteiger partial charge in [-0.1, -0.05) is 30.3 Å². The van der Waals surface area contributed by atoms with Crippen LogP contribution in [0.15, 0.2) is 47.2 Å². The van der Waals surface area contributed by atoms with Crippen molar-refractivity contribution in [3.63, 3.8) is 0 Å². The number of benzene rings is 1. The van der Waals surface area contributed by atoms with Crippen LogP contribution in [0.2, 0.25) is 0 Å². The number of carbonyl (C=O) groups excluding carboxylic acids is 1. The lowest BCUT2D eigenvalue weighted by Crippen LogP contribution is -2.31. The van der Waals surface area contributed by atoms with E-state index in [1.165, 1.54) is 23.3 Å². The van der Waals surface area contributed by atoms with Crippen LogP contribution in [0.25, 0.3) is 0 Å². The normalized spacial score (nSPS) is 12.7. The van der Waals surface area contributed by atoms with Gasteiger partial charge in [0.15, 0.2) is 0 Å². The minimum atomic E-state index is -3.37. The molecule has 1 amide bonds. The molecule has 8 heteroatoms. The maximum Gasteiger partial charge on any atom is 0.338 e. The van der Waals surface area contributed by atoms with Gasteiger partial charge in [-0.25, -0.2) is 5.06 Å². The molecule has 0 radical (unpaired) electrons. The molecule has 0 aliphatic carbocycles. The zero-order chi connectivity index (χ0) is 20.4. The summed E-state index contributed by atoms with van der Waals surface area (Å²) in [6, 6.07) is 11.6. The first-order valence-corrected chi connectivity index (χ1v) is 11.9. The van der Waals surface area contributed by atoms with Gasteiger partial charge in [0.2, 0.25) is 5.91 Å². The Hall–Kier alpha value is -1.50. The molecule has 2 aromatic rings. The van der Waals surface area contributed by atoms with E-state index in [-0.39, 0.29) is 19.1 Å². The first-order chi connectivity index (χ1) is 13.5. The van der Waals surface area contributed by atoms with Crippen LogP contribution in [-0.4, -0.2) is 30.7 Å². The van der Waals surface area contributed by atoms with E-state index in [1.54, 1.807) is 13.8 Å². The van der Waals surface area contributed by atoms with E-state index < -0.39 is 13.3 Å². The fraction of sp³-hybridized carbons (Fsp3) is 0.450. The van der Waals surface area contributed by atoms with Gasteiger partial charge in [0.05, 0.1) is 18.9 Å². The van der Waals surface area contributed by atoms with Crippen LogP contribution in [0.5, 0.6) is 0 Å². The van der Waals surface area contributed by atoms with Gasteiger partial charge in [-0.15, -0.1) is 0 Å². The van der Waals surface area contributed by atoms with Crippen LogP contribution in [0, 0.1) is 0 Å². The van der Waals surface area contributed by atoms with E-state index in [2.05, 4.69) is 0 Å². The summed E-state index contributed by atoms with van der Waals surface area (Å²) in [5.41, 5.74) is 1.40. The zero-order valence-electron chi connectivity index (χ0n) is 16.6. The van der Waals surface area contributed by atoms with Crippen molar-refractivity contribution in [1.82, 2.24) is 5.06 Å². The summed E-state index contributed by atoms with van der Waals surface area (Å²) >= 11 is 1.52. The predicted molar refractivity (Wildman–Crippen MR) is 111 cm³/mol. The Labute approximate surface area is 170 Å². The van der Waals surface area contributed by atoms with Gasteiger partial charge in [-0.3, -0.25) is 14.2 Å². The highest BCUT2D eigenvalue weighted by atomic mass is 32.1. The summed E-state index contributed by atoms with van der Waals surface area (Å²) < 4.78 is 24.5. The lowest BCUT2D eigenvalue weighted by molar-refractivity contribution is -0.189. The van der Waals surface area contributed by atoms with E-state index >= 15 is 0 Å². The number of carbonyl (C=O) groups is 1. The highest BCUT2D eigenvalue weighted by Crippen LogP contribution is 2.62. The van der Waals surface area contributed by atoms with Gasteiger partial charge in [0, 0.05) is 13.5 Å². The van der Waals surface area contributed by atoms with E-state index in [9.17, 15) is 9.36 Å². The number of hydrogen-bond acceptors (Lipinski definition) is 6. The largest absolute Gasteiger partial charge is 0.338 e. The van der Waals surface area contributed by atoms with Crippen molar-refractivity contribution in [1.29, 1.82) is 0 Å². The van der Waals surface area contributed by atoms with Crippen LogP contribution in [0.1, 0.15) is 44.0 Å². The second-order valence-electron chi connectivity index (χ2n) is 6.12. The Kier molecular flexibility index (Phi) is 9.35. The van der Waals surface area contributed by atoms with Crippen LogP contribution in [0.4, 0.5) is 0 Å². The van der Waals surface area contributed by atoms with E-state index in [0.717, 1.165) is 11.1 Å². The monoisotopic (exact) mass is 425 g/mol. The van der Waals surface area contributed by atoms with Gasteiger partial charge in [-0.05, 0) is 48.2 Å². The van der Waals surface area contributed by atoms with Crippen LogP contribution in [-0.2, 0) is 29.9 Å². The summed E-state index contributed by atoms with van der Waals surface area (Å²) in [7, 11) is -3.37. The minimum Gasteiger partial charge on any atom is -0.308 e. The maximum atomic E-state index is 13.4. The molecule has 2 rings (SSSR count). The van der Waals surface area contributed by atoms with Crippen molar-refractivity contribution >= 4 is 24.8 Å². The van der Waals surface area contributed by atoms with Crippen molar-refractivity contribution in [2.45, 2.75) is 39.5 Å². The van der Waals surface area contributed by atoms with Gasteiger partial charge in [0.25, 0.3) is 0 Å². The van der Waals surface area contributed by atoms with Crippen LogP contribution in [0.3, 0.4) is 0 Å². The lowest BCUT2D eigenvalue weighted by Gasteiger charge is -2.28. The second kappa shape index (κ2) is 11.5.